The topological polar surface area (TPSA) is 84.8 Å². The SMILES string of the molecule is C=CCCCS(=O)(=NC(=O)O[C@@H](C)c1ccccc1)NC(C)=O. The van der Waals surface area contributed by atoms with Gasteiger partial charge in [-0.1, -0.05) is 36.4 Å². The Morgan fingerprint density at radius 1 is 1.39 bits per heavy atom. The van der Waals surface area contributed by atoms with Crippen molar-refractivity contribution < 1.29 is 18.5 Å². The smallest absolute Gasteiger partial charge is 0.440 e. The molecular formula is C16H22N2O4S. The van der Waals surface area contributed by atoms with E-state index in [0.717, 1.165) is 5.56 Å². The lowest BCUT2D eigenvalue weighted by Gasteiger charge is -2.13. The molecule has 0 heterocycles. The quantitative estimate of drug-likeness (QED) is 0.610. The maximum atomic E-state index is 12.6. The highest BCUT2D eigenvalue weighted by atomic mass is 32.2. The van der Waals surface area contributed by atoms with Crippen molar-refractivity contribution in [2.75, 3.05) is 5.75 Å². The van der Waals surface area contributed by atoms with Crippen LogP contribution in [-0.4, -0.2) is 22.0 Å². The summed E-state index contributed by atoms with van der Waals surface area (Å²) >= 11 is 0. The molecule has 0 aromatic heterocycles. The second kappa shape index (κ2) is 9.09. The highest BCUT2D eigenvalue weighted by Crippen LogP contribution is 2.17. The monoisotopic (exact) mass is 338 g/mol. The standard InChI is InChI=1S/C16H22N2O4S/c1-4-5-9-12-23(21,17-14(3)19)18-16(20)22-13(2)15-10-7-6-8-11-15/h4,6-8,10-11,13H,1,5,9,12H2,2-3H3,(H,17,18,19,20,21)/t13-,23?/m0/s1. The fraction of sp³-hybridized carbons (Fsp3) is 0.375. The summed E-state index contributed by atoms with van der Waals surface area (Å²) < 4.78 is 23.6. The largest absolute Gasteiger partial charge is 0.443 e. The van der Waals surface area contributed by atoms with Crippen LogP contribution in [0.4, 0.5) is 4.79 Å². The summed E-state index contributed by atoms with van der Waals surface area (Å²) in [5, 5.41) is 0. The van der Waals surface area contributed by atoms with E-state index >= 15 is 0 Å². The summed E-state index contributed by atoms with van der Waals surface area (Å²) in [7, 11) is -3.18. The van der Waals surface area contributed by atoms with Crippen LogP contribution < -0.4 is 4.72 Å². The van der Waals surface area contributed by atoms with Gasteiger partial charge in [-0.15, -0.1) is 10.9 Å². The van der Waals surface area contributed by atoms with Gasteiger partial charge in [-0.3, -0.25) is 9.52 Å². The van der Waals surface area contributed by atoms with Crippen LogP contribution in [-0.2, 0) is 19.4 Å². The van der Waals surface area contributed by atoms with E-state index in [2.05, 4.69) is 15.7 Å². The van der Waals surface area contributed by atoms with Crippen LogP contribution in [0.15, 0.2) is 47.3 Å². The van der Waals surface area contributed by atoms with E-state index in [4.69, 9.17) is 4.74 Å². The number of hydrogen-bond acceptors (Lipinski definition) is 4. The van der Waals surface area contributed by atoms with E-state index in [0.29, 0.717) is 12.8 Å². The third kappa shape index (κ3) is 7.10. The number of rotatable bonds is 7. The number of nitrogens with zero attached hydrogens (tertiary/aromatic N) is 1. The summed E-state index contributed by atoms with van der Waals surface area (Å²) in [4.78, 5) is 23.1. The van der Waals surface area contributed by atoms with Crippen LogP contribution in [0.3, 0.4) is 0 Å². The molecular weight excluding hydrogens is 316 g/mol. The molecule has 0 saturated heterocycles. The summed E-state index contributed by atoms with van der Waals surface area (Å²) in [6.45, 7) is 6.49. The molecule has 0 fully saturated rings. The van der Waals surface area contributed by atoms with E-state index in [9.17, 15) is 13.8 Å². The van der Waals surface area contributed by atoms with Crippen molar-refractivity contribution in [3.63, 3.8) is 0 Å². The molecule has 0 aliphatic rings. The van der Waals surface area contributed by atoms with Crippen LogP contribution in [0.1, 0.15) is 38.4 Å². The lowest BCUT2D eigenvalue weighted by Crippen LogP contribution is -2.31. The minimum absolute atomic E-state index is 0.0629. The van der Waals surface area contributed by atoms with Gasteiger partial charge in [0.1, 0.15) is 16.0 Å². The first-order valence-electron chi connectivity index (χ1n) is 7.26. The Kier molecular flexibility index (Phi) is 7.47. The average Bonchev–Trinajstić information content (AvgIpc) is 2.47. The number of ether oxygens (including phenoxy) is 1. The molecule has 2 atom stereocenters. The van der Waals surface area contributed by atoms with E-state index < -0.39 is 28.0 Å². The van der Waals surface area contributed by atoms with Crippen molar-refractivity contribution >= 4 is 21.9 Å². The lowest BCUT2D eigenvalue weighted by atomic mass is 10.1. The second-order valence-corrected chi connectivity index (χ2v) is 7.04. The van der Waals surface area contributed by atoms with Gasteiger partial charge in [0.05, 0.1) is 5.75 Å². The molecule has 0 aliphatic carbocycles. The fourth-order valence-corrected chi connectivity index (χ4v) is 3.38. The minimum atomic E-state index is -3.18. The number of hydrogen-bond donors (Lipinski definition) is 1. The molecule has 0 spiro atoms. The molecule has 0 aliphatic heterocycles. The first-order chi connectivity index (χ1) is 10.9. The van der Waals surface area contributed by atoms with E-state index in [1.165, 1.54) is 6.92 Å². The highest BCUT2D eigenvalue weighted by molar-refractivity contribution is 7.92. The zero-order valence-corrected chi connectivity index (χ0v) is 14.2. The Morgan fingerprint density at radius 3 is 2.61 bits per heavy atom. The van der Waals surface area contributed by atoms with Gasteiger partial charge in [-0.05, 0) is 25.3 Å². The number of carbonyl (C=O) groups is 2. The molecule has 23 heavy (non-hydrogen) atoms. The number of nitrogens with one attached hydrogen (secondary N) is 1. The summed E-state index contributed by atoms with van der Waals surface area (Å²) in [6, 6.07) is 9.13. The maximum absolute atomic E-state index is 12.6. The first kappa shape index (κ1) is 18.9. The van der Waals surface area contributed by atoms with Crippen molar-refractivity contribution in [1.82, 2.24) is 4.72 Å². The van der Waals surface area contributed by atoms with Gasteiger partial charge in [0.2, 0.25) is 5.91 Å². The Hall–Kier alpha value is -2.15. The zero-order valence-electron chi connectivity index (χ0n) is 13.4. The molecule has 1 unspecified atom stereocenters. The van der Waals surface area contributed by atoms with E-state index in [-0.39, 0.29) is 5.75 Å². The molecule has 0 saturated carbocycles. The average molecular weight is 338 g/mol. The van der Waals surface area contributed by atoms with Crippen molar-refractivity contribution in [2.24, 2.45) is 4.36 Å². The molecule has 1 aromatic carbocycles. The Morgan fingerprint density at radius 2 is 2.04 bits per heavy atom. The Labute approximate surface area is 137 Å². The number of benzene rings is 1. The van der Waals surface area contributed by atoms with Crippen LogP contribution in [0, 0.1) is 0 Å². The van der Waals surface area contributed by atoms with Gasteiger partial charge >= 0.3 is 6.09 Å². The third-order valence-corrected chi connectivity index (χ3v) is 4.79. The van der Waals surface area contributed by atoms with Gasteiger partial charge in [-0.25, -0.2) is 9.00 Å². The van der Waals surface area contributed by atoms with Crippen LogP contribution in [0.2, 0.25) is 0 Å². The number of amides is 2. The van der Waals surface area contributed by atoms with Gasteiger partial charge in [0.15, 0.2) is 0 Å². The number of carbonyl (C=O) groups excluding carboxylic acids is 2. The van der Waals surface area contributed by atoms with Gasteiger partial charge in [-0.2, -0.15) is 0 Å². The predicted octanol–water partition coefficient (Wildman–Crippen LogP) is 3.37. The Bertz CT molecular complexity index is 664. The maximum Gasteiger partial charge on any atom is 0.443 e. The van der Waals surface area contributed by atoms with Gasteiger partial charge < -0.3 is 4.74 Å². The molecule has 1 N–H and O–H groups in total. The van der Waals surface area contributed by atoms with Gasteiger partial charge in [0, 0.05) is 6.92 Å². The summed E-state index contributed by atoms with van der Waals surface area (Å²) in [5.41, 5.74) is 0.800. The normalized spacial score (nSPS) is 14.2. The fourth-order valence-electron chi connectivity index (χ4n) is 1.85. The van der Waals surface area contributed by atoms with Crippen molar-refractivity contribution in [3.8, 4) is 0 Å². The third-order valence-electron chi connectivity index (χ3n) is 2.90. The van der Waals surface area contributed by atoms with E-state index in [1.54, 1.807) is 13.0 Å². The number of allylic oxidation sites excluding steroid dienone is 1. The van der Waals surface area contributed by atoms with Crippen LogP contribution in [0.25, 0.3) is 0 Å². The van der Waals surface area contributed by atoms with Gasteiger partial charge in [0.25, 0.3) is 0 Å². The molecule has 0 bridgehead atoms. The first-order valence-corrected chi connectivity index (χ1v) is 8.94. The molecule has 2 amide bonds. The highest BCUT2D eigenvalue weighted by Gasteiger charge is 2.16. The molecule has 1 aromatic rings. The van der Waals surface area contributed by atoms with E-state index in [1.807, 2.05) is 30.3 Å². The molecule has 6 nitrogen and oxygen atoms in total. The molecule has 7 heteroatoms. The predicted molar refractivity (Wildman–Crippen MR) is 90.0 cm³/mol. The molecule has 0 radical (unpaired) electrons. The lowest BCUT2D eigenvalue weighted by molar-refractivity contribution is -0.117. The molecule has 1 rings (SSSR count). The summed E-state index contributed by atoms with van der Waals surface area (Å²) in [5.74, 6) is -0.450. The minimum Gasteiger partial charge on any atom is -0.440 e. The zero-order chi connectivity index (χ0) is 17.3. The number of unbranched alkanes of at least 4 members (excludes halogenated alkanes) is 1. The van der Waals surface area contributed by atoms with Crippen LogP contribution >= 0.6 is 0 Å². The van der Waals surface area contributed by atoms with Crippen molar-refractivity contribution in [2.45, 2.75) is 32.8 Å². The molecule has 126 valence electrons. The van der Waals surface area contributed by atoms with Crippen molar-refractivity contribution in [3.05, 3.63) is 48.6 Å². The van der Waals surface area contributed by atoms with Crippen molar-refractivity contribution in [1.29, 1.82) is 0 Å². The summed E-state index contributed by atoms with van der Waals surface area (Å²) in [6.07, 6.45) is 1.29. The Balaban J connectivity index is 2.84. The van der Waals surface area contributed by atoms with Crippen LogP contribution in [0.5, 0.6) is 0 Å². The second-order valence-electron chi connectivity index (χ2n) is 4.96.